The molecule has 1 aromatic carbocycles. The number of nitrogens with two attached hydrogens (primary N) is 2. The van der Waals surface area contributed by atoms with E-state index in [1.807, 2.05) is 16.9 Å². The second-order valence-corrected chi connectivity index (χ2v) is 4.77. The number of nitrogens with one attached hydrogen (secondary N) is 4. The van der Waals surface area contributed by atoms with Crippen molar-refractivity contribution < 1.29 is 19.2 Å². The van der Waals surface area contributed by atoms with Crippen LogP contribution >= 0.6 is 0 Å². The van der Waals surface area contributed by atoms with Gasteiger partial charge in [0.25, 0.3) is 5.91 Å². The molecule has 0 spiro atoms. The van der Waals surface area contributed by atoms with Gasteiger partial charge in [0.2, 0.25) is 11.8 Å². The molecule has 0 aliphatic rings. The predicted molar refractivity (Wildman–Crippen MR) is 85.0 cm³/mol. The highest BCUT2D eigenvalue weighted by atomic mass is 16.2. The molecule has 0 radical (unpaired) electrons. The number of carbonyl (C=O) groups excluding carboxylic acids is 4. The summed E-state index contributed by atoms with van der Waals surface area (Å²) in [6.07, 6.45) is 0.236. The predicted octanol–water partition coefficient (Wildman–Crippen LogP) is -2.51. The van der Waals surface area contributed by atoms with E-state index in [4.69, 9.17) is 11.5 Å². The highest BCUT2D eigenvalue weighted by Gasteiger charge is 2.21. The van der Waals surface area contributed by atoms with E-state index in [1.54, 1.807) is 24.3 Å². The molecule has 130 valence electrons. The summed E-state index contributed by atoms with van der Waals surface area (Å²) in [7, 11) is 0. The Kier molecular flexibility index (Phi) is 7.71. The number of hydrogen-bond acceptors (Lipinski definition) is 5. The third-order valence-electron chi connectivity index (χ3n) is 2.87. The molecular formula is C14H20N6O4. The molecule has 1 aromatic rings. The fourth-order valence-electron chi connectivity index (χ4n) is 1.78. The molecule has 0 fully saturated rings. The minimum atomic E-state index is -0.938. The highest BCUT2D eigenvalue weighted by molar-refractivity contribution is 5.91. The molecule has 0 heterocycles. The van der Waals surface area contributed by atoms with Crippen molar-refractivity contribution in [2.75, 3.05) is 13.1 Å². The fraction of sp³-hybridized carbons (Fsp3) is 0.286. The molecule has 0 saturated heterocycles. The lowest BCUT2D eigenvalue weighted by atomic mass is 10.1. The minimum Gasteiger partial charge on any atom is -0.350 e. The first kappa shape index (κ1) is 18.9. The zero-order valence-electron chi connectivity index (χ0n) is 12.9. The number of rotatable bonds is 7. The molecule has 5 amide bonds. The van der Waals surface area contributed by atoms with E-state index in [2.05, 4.69) is 10.6 Å². The van der Waals surface area contributed by atoms with Crippen molar-refractivity contribution in [1.29, 1.82) is 0 Å². The standard InChI is InChI=1S/C14H20N6O4/c15-7-11(21)18-10(6-9-4-2-1-3-5-9)13(23)17-8-12(22)19-20-14(16)24/h1-5,10H,6-8,15H2,(H,17,23)(H,18,21)(H,19,22)(H3,16,20,24)/t10-/m0/s1. The van der Waals surface area contributed by atoms with E-state index in [1.165, 1.54) is 0 Å². The van der Waals surface area contributed by atoms with Crippen LogP contribution in [0.5, 0.6) is 0 Å². The molecule has 0 aliphatic heterocycles. The monoisotopic (exact) mass is 336 g/mol. The Bertz CT molecular complexity index is 592. The molecular weight excluding hydrogens is 316 g/mol. The second-order valence-electron chi connectivity index (χ2n) is 4.77. The van der Waals surface area contributed by atoms with Crippen molar-refractivity contribution >= 4 is 23.8 Å². The van der Waals surface area contributed by atoms with Crippen LogP contribution in [0, 0.1) is 0 Å². The van der Waals surface area contributed by atoms with Gasteiger partial charge >= 0.3 is 6.03 Å². The summed E-state index contributed by atoms with van der Waals surface area (Å²) >= 11 is 0. The fourth-order valence-corrected chi connectivity index (χ4v) is 1.78. The van der Waals surface area contributed by atoms with E-state index in [-0.39, 0.29) is 13.0 Å². The Balaban J connectivity index is 2.61. The number of benzene rings is 1. The third kappa shape index (κ3) is 7.22. The molecule has 0 saturated carbocycles. The van der Waals surface area contributed by atoms with Crippen LogP contribution in [-0.4, -0.2) is 42.9 Å². The van der Waals surface area contributed by atoms with Gasteiger partial charge in [-0.3, -0.25) is 19.8 Å². The number of urea groups is 1. The molecule has 10 nitrogen and oxygen atoms in total. The smallest absolute Gasteiger partial charge is 0.330 e. The Morgan fingerprint density at radius 1 is 1.00 bits per heavy atom. The van der Waals surface area contributed by atoms with Gasteiger partial charge in [-0.2, -0.15) is 0 Å². The van der Waals surface area contributed by atoms with Gasteiger partial charge in [-0.1, -0.05) is 30.3 Å². The summed E-state index contributed by atoms with van der Waals surface area (Å²) < 4.78 is 0. The maximum atomic E-state index is 12.2. The summed E-state index contributed by atoms with van der Waals surface area (Å²) in [4.78, 5) is 45.5. The molecule has 24 heavy (non-hydrogen) atoms. The SMILES string of the molecule is NCC(=O)N[C@@H](Cc1ccccc1)C(=O)NCC(=O)NNC(N)=O. The quantitative estimate of drug-likeness (QED) is 0.302. The van der Waals surface area contributed by atoms with Gasteiger partial charge < -0.3 is 22.1 Å². The van der Waals surface area contributed by atoms with E-state index >= 15 is 0 Å². The minimum absolute atomic E-state index is 0.236. The third-order valence-corrected chi connectivity index (χ3v) is 2.87. The number of carbonyl (C=O) groups is 4. The first-order valence-corrected chi connectivity index (χ1v) is 7.07. The molecule has 0 unspecified atom stereocenters. The topological polar surface area (TPSA) is 168 Å². The van der Waals surface area contributed by atoms with Gasteiger partial charge in [-0.25, -0.2) is 10.2 Å². The van der Waals surface area contributed by atoms with Crippen molar-refractivity contribution in [2.24, 2.45) is 11.5 Å². The van der Waals surface area contributed by atoms with Crippen LogP contribution < -0.4 is 33.0 Å². The molecule has 0 aliphatic carbocycles. The first-order chi connectivity index (χ1) is 11.4. The normalized spacial score (nSPS) is 11.0. The number of amides is 5. The van der Waals surface area contributed by atoms with Crippen LogP contribution in [0.4, 0.5) is 4.79 Å². The average Bonchev–Trinajstić information content (AvgIpc) is 2.57. The maximum Gasteiger partial charge on any atom is 0.330 e. The molecule has 0 bridgehead atoms. The first-order valence-electron chi connectivity index (χ1n) is 7.07. The number of hydrazine groups is 1. The largest absolute Gasteiger partial charge is 0.350 e. The zero-order chi connectivity index (χ0) is 17.9. The van der Waals surface area contributed by atoms with Crippen LogP contribution in [0.3, 0.4) is 0 Å². The molecule has 0 aromatic heterocycles. The van der Waals surface area contributed by atoms with Crippen molar-refractivity contribution in [3.8, 4) is 0 Å². The van der Waals surface area contributed by atoms with Crippen molar-refractivity contribution in [1.82, 2.24) is 21.5 Å². The van der Waals surface area contributed by atoms with Gasteiger partial charge in [0.1, 0.15) is 6.04 Å². The average molecular weight is 336 g/mol. The lowest BCUT2D eigenvalue weighted by molar-refractivity contribution is -0.130. The van der Waals surface area contributed by atoms with E-state index in [9.17, 15) is 19.2 Å². The Morgan fingerprint density at radius 2 is 1.67 bits per heavy atom. The van der Waals surface area contributed by atoms with Crippen LogP contribution in [0.15, 0.2) is 30.3 Å². The van der Waals surface area contributed by atoms with Crippen LogP contribution in [-0.2, 0) is 20.8 Å². The Hall–Kier alpha value is -3.14. The van der Waals surface area contributed by atoms with Crippen molar-refractivity contribution in [2.45, 2.75) is 12.5 Å². The molecule has 1 atom stereocenters. The maximum absolute atomic E-state index is 12.2. The highest BCUT2D eigenvalue weighted by Crippen LogP contribution is 2.03. The Morgan fingerprint density at radius 3 is 2.25 bits per heavy atom. The summed E-state index contributed by atoms with van der Waals surface area (Å²) in [6.45, 7) is -0.662. The summed E-state index contributed by atoms with van der Waals surface area (Å²) in [5.41, 5.74) is 14.7. The number of hydrogen-bond donors (Lipinski definition) is 6. The number of primary amides is 1. The molecule has 1 rings (SSSR count). The van der Waals surface area contributed by atoms with Crippen LogP contribution in [0.25, 0.3) is 0 Å². The lowest BCUT2D eigenvalue weighted by Crippen LogP contribution is -2.53. The van der Waals surface area contributed by atoms with Gasteiger partial charge in [0.15, 0.2) is 0 Å². The van der Waals surface area contributed by atoms with Gasteiger partial charge in [-0.05, 0) is 5.56 Å². The summed E-state index contributed by atoms with van der Waals surface area (Å²) in [6, 6.07) is 7.21. The molecule has 10 heteroatoms. The van der Waals surface area contributed by atoms with E-state index in [0.29, 0.717) is 0 Å². The van der Waals surface area contributed by atoms with Gasteiger partial charge in [-0.15, -0.1) is 0 Å². The molecule has 8 N–H and O–H groups in total. The van der Waals surface area contributed by atoms with Gasteiger partial charge in [0.05, 0.1) is 13.1 Å². The van der Waals surface area contributed by atoms with E-state index in [0.717, 1.165) is 5.56 Å². The van der Waals surface area contributed by atoms with Crippen molar-refractivity contribution in [3.63, 3.8) is 0 Å². The summed E-state index contributed by atoms with van der Waals surface area (Å²) in [5.74, 6) is -1.73. The Labute approximate surface area is 138 Å². The van der Waals surface area contributed by atoms with Crippen LogP contribution in [0.2, 0.25) is 0 Å². The van der Waals surface area contributed by atoms with Crippen molar-refractivity contribution in [3.05, 3.63) is 35.9 Å². The second kappa shape index (κ2) is 9.79. The zero-order valence-corrected chi connectivity index (χ0v) is 12.9. The van der Waals surface area contributed by atoms with E-state index < -0.39 is 36.3 Å². The van der Waals surface area contributed by atoms with Crippen LogP contribution in [0.1, 0.15) is 5.56 Å². The lowest BCUT2D eigenvalue weighted by Gasteiger charge is -2.18. The van der Waals surface area contributed by atoms with Gasteiger partial charge in [0, 0.05) is 6.42 Å². The summed E-state index contributed by atoms with van der Waals surface area (Å²) in [5, 5.41) is 4.85.